The Balaban J connectivity index is 1.86. The zero-order valence-electron chi connectivity index (χ0n) is 20.6. The highest BCUT2D eigenvalue weighted by molar-refractivity contribution is 6.06. The molecule has 0 radical (unpaired) electrons. The van der Waals surface area contributed by atoms with Crippen LogP contribution in [0.3, 0.4) is 0 Å². The van der Waals surface area contributed by atoms with Gasteiger partial charge in [0.05, 0.1) is 34.0 Å². The monoisotopic (exact) mass is 471 g/mol. The molecule has 9 nitrogen and oxygen atoms in total. The quantitative estimate of drug-likeness (QED) is 0.409. The number of hydrogen-bond acceptors (Lipinski definition) is 7. The largest absolute Gasteiger partial charge is 0.497 e. The number of hydrogen-bond donors (Lipinski definition) is 0. The maximum Gasteiger partial charge on any atom is 0.354 e. The number of aromatic nitrogens is 1. The van der Waals surface area contributed by atoms with Gasteiger partial charge in [-0.15, -0.1) is 0 Å². The van der Waals surface area contributed by atoms with Crippen molar-refractivity contribution in [3.8, 4) is 5.75 Å². The minimum Gasteiger partial charge on any atom is -0.497 e. The lowest BCUT2D eigenvalue weighted by molar-refractivity contribution is 0.0323. The van der Waals surface area contributed by atoms with Crippen LogP contribution in [0.4, 0.5) is 0 Å². The van der Waals surface area contributed by atoms with Gasteiger partial charge < -0.3 is 23.7 Å². The van der Waals surface area contributed by atoms with Gasteiger partial charge in [-0.1, -0.05) is 0 Å². The Kier molecular flexibility index (Phi) is 8.46. The fourth-order valence-electron chi connectivity index (χ4n) is 4.28. The minimum absolute atomic E-state index is 0.0957. The van der Waals surface area contributed by atoms with Crippen molar-refractivity contribution in [2.24, 2.45) is 7.05 Å². The van der Waals surface area contributed by atoms with E-state index in [1.165, 1.54) is 7.11 Å². The van der Waals surface area contributed by atoms with Gasteiger partial charge in [0.25, 0.3) is 5.91 Å². The summed E-state index contributed by atoms with van der Waals surface area (Å²) in [5, 5.41) is 0. The van der Waals surface area contributed by atoms with E-state index in [1.54, 1.807) is 61.7 Å². The van der Waals surface area contributed by atoms with Crippen LogP contribution in [-0.2, 0) is 16.5 Å². The molecule has 3 rings (SSSR count). The number of amides is 1. The number of benzene rings is 1. The highest BCUT2D eigenvalue weighted by atomic mass is 16.5. The molecule has 0 bridgehead atoms. The molecule has 2 aromatic rings. The average molecular weight is 472 g/mol. The average Bonchev–Trinajstić information content (AvgIpc) is 3.09. The van der Waals surface area contributed by atoms with Gasteiger partial charge >= 0.3 is 5.97 Å². The molecule has 184 valence electrons. The van der Waals surface area contributed by atoms with E-state index >= 15 is 0 Å². The number of ether oxygens (including phenoxy) is 3. The second-order valence-electron chi connectivity index (χ2n) is 8.32. The van der Waals surface area contributed by atoms with Crippen LogP contribution in [0, 0.1) is 13.8 Å². The molecule has 1 fully saturated rings. The third-order valence-corrected chi connectivity index (χ3v) is 6.34. The molecule has 2 heterocycles. The molecule has 0 aliphatic carbocycles. The van der Waals surface area contributed by atoms with E-state index in [4.69, 9.17) is 14.2 Å². The number of carbonyl (C=O) groups excluding carboxylic acids is 3. The Morgan fingerprint density at radius 1 is 1.06 bits per heavy atom. The third kappa shape index (κ3) is 5.48. The molecular formula is C25H33N3O6. The summed E-state index contributed by atoms with van der Waals surface area (Å²) in [5.74, 6) is -0.299. The van der Waals surface area contributed by atoms with Crippen LogP contribution in [0.5, 0.6) is 5.75 Å². The van der Waals surface area contributed by atoms with Gasteiger partial charge in [0.2, 0.25) is 0 Å². The van der Waals surface area contributed by atoms with Crippen LogP contribution in [0.2, 0.25) is 0 Å². The first-order valence-corrected chi connectivity index (χ1v) is 11.3. The Bertz CT molecular complexity index is 1040. The summed E-state index contributed by atoms with van der Waals surface area (Å²) in [6, 6.07) is 6.84. The first-order valence-electron chi connectivity index (χ1n) is 11.3. The Labute approximate surface area is 200 Å². The van der Waals surface area contributed by atoms with Gasteiger partial charge in [0.1, 0.15) is 11.4 Å². The molecule has 1 amide bonds. The summed E-state index contributed by atoms with van der Waals surface area (Å²) < 4.78 is 17.1. The van der Waals surface area contributed by atoms with E-state index in [0.717, 1.165) is 13.1 Å². The van der Waals surface area contributed by atoms with Crippen molar-refractivity contribution in [2.75, 3.05) is 60.2 Å². The highest BCUT2D eigenvalue weighted by Gasteiger charge is 2.28. The molecule has 0 saturated carbocycles. The molecular weight excluding hydrogens is 438 g/mol. The number of ketones is 1. The first-order chi connectivity index (χ1) is 16.3. The minimum atomic E-state index is -0.499. The maximum atomic E-state index is 13.4. The lowest BCUT2D eigenvalue weighted by atomic mass is 10.0. The van der Waals surface area contributed by atoms with Crippen molar-refractivity contribution in [3.63, 3.8) is 0 Å². The van der Waals surface area contributed by atoms with Gasteiger partial charge in [-0.25, -0.2) is 4.79 Å². The number of rotatable bonds is 9. The van der Waals surface area contributed by atoms with E-state index in [1.807, 2.05) is 0 Å². The van der Waals surface area contributed by atoms with Crippen molar-refractivity contribution in [3.05, 3.63) is 52.3 Å². The zero-order chi connectivity index (χ0) is 24.8. The highest BCUT2D eigenvalue weighted by Crippen LogP contribution is 2.23. The van der Waals surface area contributed by atoms with Crippen LogP contribution in [0.15, 0.2) is 24.3 Å². The van der Waals surface area contributed by atoms with Crippen LogP contribution in [0.25, 0.3) is 0 Å². The van der Waals surface area contributed by atoms with Gasteiger partial charge in [0, 0.05) is 50.0 Å². The van der Waals surface area contributed by atoms with Crippen molar-refractivity contribution in [1.29, 1.82) is 0 Å². The number of carbonyl (C=O) groups is 3. The molecule has 1 aliphatic heterocycles. The van der Waals surface area contributed by atoms with Gasteiger partial charge in [-0.3, -0.25) is 14.5 Å². The second-order valence-corrected chi connectivity index (χ2v) is 8.32. The van der Waals surface area contributed by atoms with Crippen molar-refractivity contribution in [2.45, 2.75) is 13.8 Å². The smallest absolute Gasteiger partial charge is 0.354 e. The number of nitrogens with zero attached hydrogens (tertiary/aromatic N) is 3. The first kappa shape index (κ1) is 25.5. The standard InChI is InChI=1S/C25H33N3O6/c1-17-22(18(2)26(3)23(17)25(31)33-5)21(29)16-28(11-10-27-12-14-34-15-13-27)24(30)19-6-8-20(32-4)9-7-19/h6-9H,10-16H2,1-5H3. The third-order valence-electron chi connectivity index (χ3n) is 6.34. The van der Waals surface area contributed by atoms with Crippen molar-refractivity contribution in [1.82, 2.24) is 14.4 Å². The molecule has 34 heavy (non-hydrogen) atoms. The summed E-state index contributed by atoms with van der Waals surface area (Å²) in [5.41, 5.74) is 2.48. The summed E-state index contributed by atoms with van der Waals surface area (Å²) in [6.07, 6.45) is 0. The normalized spacial score (nSPS) is 14.0. The number of esters is 1. The Morgan fingerprint density at radius 3 is 2.29 bits per heavy atom. The van der Waals surface area contributed by atoms with Gasteiger partial charge in [-0.2, -0.15) is 0 Å². The SMILES string of the molecule is COC(=O)c1c(C)c(C(=O)CN(CCN2CCOCC2)C(=O)c2ccc(OC)cc2)c(C)n1C. The molecule has 1 aliphatic rings. The lowest BCUT2D eigenvalue weighted by Gasteiger charge is -2.30. The van der Waals surface area contributed by atoms with Crippen LogP contribution >= 0.6 is 0 Å². The number of Topliss-reactive ketones (excluding diaryl/α,β-unsaturated/α-hetero) is 1. The van der Waals surface area contributed by atoms with Crippen LogP contribution < -0.4 is 4.74 Å². The zero-order valence-corrected chi connectivity index (χ0v) is 20.6. The van der Waals surface area contributed by atoms with E-state index in [-0.39, 0.29) is 18.2 Å². The molecule has 9 heteroatoms. The summed E-state index contributed by atoms with van der Waals surface area (Å²) in [6.45, 7) is 7.35. The number of methoxy groups -OCH3 is 2. The molecule has 1 saturated heterocycles. The molecule has 0 N–H and O–H groups in total. The lowest BCUT2D eigenvalue weighted by Crippen LogP contribution is -2.44. The van der Waals surface area contributed by atoms with E-state index < -0.39 is 5.97 Å². The molecule has 0 unspecified atom stereocenters. The maximum absolute atomic E-state index is 13.4. The molecule has 1 aromatic carbocycles. The van der Waals surface area contributed by atoms with Crippen molar-refractivity contribution < 1.29 is 28.6 Å². The summed E-state index contributed by atoms with van der Waals surface area (Å²) >= 11 is 0. The second kappa shape index (κ2) is 11.3. The van der Waals surface area contributed by atoms with E-state index in [2.05, 4.69) is 4.90 Å². The topological polar surface area (TPSA) is 90.3 Å². The Morgan fingerprint density at radius 2 is 1.71 bits per heavy atom. The van der Waals surface area contributed by atoms with E-state index in [0.29, 0.717) is 60.1 Å². The number of morpholine rings is 1. The van der Waals surface area contributed by atoms with E-state index in [9.17, 15) is 14.4 Å². The molecule has 0 atom stereocenters. The molecule has 1 aromatic heterocycles. The van der Waals surface area contributed by atoms with Crippen LogP contribution in [0.1, 0.15) is 42.5 Å². The predicted octanol–water partition coefficient (Wildman–Crippen LogP) is 2.09. The van der Waals surface area contributed by atoms with Gasteiger partial charge in [0.15, 0.2) is 5.78 Å². The summed E-state index contributed by atoms with van der Waals surface area (Å²) in [7, 11) is 4.60. The predicted molar refractivity (Wildman–Crippen MR) is 127 cm³/mol. The fraction of sp³-hybridized carbons (Fsp3) is 0.480. The van der Waals surface area contributed by atoms with Crippen LogP contribution in [-0.4, -0.2) is 92.2 Å². The summed E-state index contributed by atoms with van der Waals surface area (Å²) in [4.78, 5) is 42.9. The molecule has 0 spiro atoms. The van der Waals surface area contributed by atoms with Gasteiger partial charge in [-0.05, 0) is 43.7 Å². The Hall–Kier alpha value is -3.17. The fourth-order valence-corrected chi connectivity index (χ4v) is 4.28. The van der Waals surface area contributed by atoms with Crippen molar-refractivity contribution >= 4 is 17.7 Å².